The van der Waals surface area contributed by atoms with Gasteiger partial charge in [-0.1, -0.05) is 41.4 Å². The first-order valence-corrected chi connectivity index (χ1v) is 11.2. The Balaban J connectivity index is 1.77. The Morgan fingerprint density at radius 3 is 2.25 bits per heavy atom. The van der Waals surface area contributed by atoms with Gasteiger partial charge in [0.05, 0.1) is 26.2 Å². The van der Waals surface area contributed by atoms with Gasteiger partial charge in [0.1, 0.15) is 0 Å². The van der Waals surface area contributed by atoms with E-state index in [-0.39, 0.29) is 26.5 Å². The van der Waals surface area contributed by atoms with E-state index in [1.807, 2.05) is 12.1 Å². The molecule has 3 aromatic rings. The van der Waals surface area contributed by atoms with Gasteiger partial charge in [-0.05, 0) is 71.1 Å². The minimum atomic E-state index is -3.86. The van der Waals surface area contributed by atoms with E-state index in [2.05, 4.69) is 32.6 Å². The number of amides is 1. The second-order valence-corrected chi connectivity index (χ2v) is 9.29. The molecule has 0 aromatic heterocycles. The highest BCUT2D eigenvalue weighted by Crippen LogP contribution is 2.31. The summed E-state index contributed by atoms with van der Waals surface area (Å²) in [5.74, 6) is -0.274. The minimum absolute atomic E-state index is 0.0239. The highest BCUT2D eigenvalue weighted by molar-refractivity contribution is 14.1. The summed E-state index contributed by atoms with van der Waals surface area (Å²) < 4.78 is 28.4. The first-order chi connectivity index (χ1) is 13.3. The van der Waals surface area contributed by atoms with Gasteiger partial charge in [0.25, 0.3) is 15.9 Å². The average molecular weight is 547 g/mol. The SMILES string of the molecule is O=C(Nc1ccc(S(=O)(=O)Nc2cccc(Cl)c2Cl)cc1)c1ccccc1I. The molecule has 0 saturated heterocycles. The molecule has 0 atom stereocenters. The molecule has 0 saturated carbocycles. The summed E-state index contributed by atoms with van der Waals surface area (Å²) in [5.41, 5.74) is 1.20. The van der Waals surface area contributed by atoms with Crippen molar-refractivity contribution < 1.29 is 13.2 Å². The van der Waals surface area contributed by atoms with Crippen molar-refractivity contribution in [2.75, 3.05) is 10.0 Å². The van der Waals surface area contributed by atoms with Gasteiger partial charge in [-0.25, -0.2) is 8.42 Å². The molecule has 0 unspecified atom stereocenters. The maximum Gasteiger partial charge on any atom is 0.261 e. The van der Waals surface area contributed by atoms with Crippen LogP contribution in [0.5, 0.6) is 0 Å². The van der Waals surface area contributed by atoms with Crippen LogP contribution in [0, 0.1) is 3.57 Å². The maximum atomic E-state index is 12.6. The Kier molecular flexibility index (Phi) is 6.49. The van der Waals surface area contributed by atoms with Crippen LogP contribution in [0.2, 0.25) is 10.0 Å². The summed E-state index contributed by atoms with van der Waals surface area (Å²) in [6, 6.07) is 17.7. The Morgan fingerprint density at radius 1 is 0.893 bits per heavy atom. The molecule has 0 aliphatic carbocycles. The van der Waals surface area contributed by atoms with Gasteiger partial charge in [-0.3, -0.25) is 9.52 Å². The average Bonchev–Trinajstić information content (AvgIpc) is 2.66. The van der Waals surface area contributed by atoms with Gasteiger partial charge in [-0.15, -0.1) is 0 Å². The Labute approximate surface area is 186 Å². The zero-order valence-corrected chi connectivity index (χ0v) is 18.6. The summed E-state index contributed by atoms with van der Waals surface area (Å²) in [6.07, 6.45) is 0. The second kappa shape index (κ2) is 8.69. The van der Waals surface area contributed by atoms with E-state index in [1.54, 1.807) is 24.3 Å². The van der Waals surface area contributed by atoms with Crippen LogP contribution in [-0.2, 0) is 10.0 Å². The lowest BCUT2D eigenvalue weighted by molar-refractivity contribution is 0.102. The van der Waals surface area contributed by atoms with E-state index in [1.165, 1.54) is 30.3 Å². The third-order valence-corrected chi connectivity index (χ3v) is 6.88. The number of carbonyl (C=O) groups is 1. The Hall–Kier alpha value is -1.81. The second-order valence-electron chi connectivity index (χ2n) is 5.67. The van der Waals surface area contributed by atoms with Crippen LogP contribution >= 0.6 is 45.8 Å². The van der Waals surface area contributed by atoms with Gasteiger partial charge in [0.15, 0.2) is 0 Å². The first kappa shape index (κ1) is 20.9. The molecular weight excluding hydrogens is 534 g/mol. The predicted octanol–water partition coefficient (Wildman–Crippen LogP) is 5.65. The number of rotatable bonds is 5. The largest absolute Gasteiger partial charge is 0.322 e. The zero-order valence-electron chi connectivity index (χ0n) is 14.1. The normalized spacial score (nSPS) is 11.1. The number of hydrogen-bond acceptors (Lipinski definition) is 3. The van der Waals surface area contributed by atoms with Crippen LogP contribution in [0.15, 0.2) is 71.6 Å². The molecule has 0 aliphatic heterocycles. The van der Waals surface area contributed by atoms with Crippen molar-refractivity contribution in [3.63, 3.8) is 0 Å². The van der Waals surface area contributed by atoms with Crippen molar-refractivity contribution in [2.45, 2.75) is 4.90 Å². The van der Waals surface area contributed by atoms with Crippen LogP contribution in [0.4, 0.5) is 11.4 Å². The molecule has 5 nitrogen and oxygen atoms in total. The number of carbonyl (C=O) groups excluding carboxylic acids is 1. The van der Waals surface area contributed by atoms with E-state index in [4.69, 9.17) is 23.2 Å². The molecule has 0 fully saturated rings. The van der Waals surface area contributed by atoms with Gasteiger partial charge in [-0.2, -0.15) is 0 Å². The van der Waals surface area contributed by atoms with Crippen molar-refractivity contribution in [3.05, 3.63) is 85.9 Å². The molecule has 0 bridgehead atoms. The number of sulfonamides is 1. The maximum absolute atomic E-state index is 12.6. The monoisotopic (exact) mass is 546 g/mol. The number of nitrogens with one attached hydrogen (secondary N) is 2. The molecule has 1 amide bonds. The van der Waals surface area contributed by atoms with E-state index in [0.717, 1.165) is 3.57 Å². The quantitative estimate of drug-likeness (QED) is 0.406. The highest BCUT2D eigenvalue weighted by Gasteiger charge is 2.17. The van der Waals surface area contributed by atoms with Crippen LogP contribution < -0.4 is 10.0 Å². The standard InChI is InChI=1S/C19H13Cl2IN2O3S/c20-15-5-3-7-17(18(15)21)24-28(26,27)13-10-8-12(9-11-13)23-19(25)14-4-1-2-6-16(14)22/h1-11,24H,(H,23,25). The van der Waals surface area contributed by atoms with Gasteiger partial charge in [0.2, 0.25) is 0 Å². The smallest absolute Gasteiger partial charge is 0.261 e. The Morgan fingerprint density at radius 2 is 1.57 bits per heavy atom. The molecule has 0 radical (unpaired) electrons. The van der Waals surface area contributed by atoms with E-state index < -0.39 is 10.0 Å². The first-order valence-electron chi connectivity index (χ1n) is 7.91. The highest BCUT2D eigenvalue weighted by atomic mass is 127. The molecule has 3 rings (SSSR count). The third kappa shape index (κ3) is 4.78. The van der Waals surface area contributed by atoms with Crippen molar-refractivity contribution in [2.24, 2.45) is 0 Å². The fraction of sp³-hybridized carbons (Fsp3) is 0. The van der Waals surface area contributed by atoms with Gasteiger partial charge < -0.3 is 5.32 Å². The summed E-state index contributed by atoms with van der Waals surface area (Å²) in [4.78, 5) is 12.4. The fourth-order valence-corrected chi connectivity index (χ4v) is 4.46. The molecule has 3 aromatic carbocycles. The minimum Gasteiger partial charge on any atom is -0.322 e. The van der Waals surface area contributed by atoms with Crippen molar-refractivity contribution >= 4 is 73.1 Å². The lowest BCUT2D eigenvalue weighted by Crippen LogP contribution is -2.15. The molecule has 0 spiro atoms. The van der Waals surface area contributed by atoms with Crippen molar-refractivity contribution in [1.82, 2.24) is 0 Å². The molecule has 0 heterocycles. The predicted molar refractivity (Wildman–Crippen MR) is 121 cm³/mol. The van der Waals surface area contributed by atoms with Crippen LogP contribution in [0.1, 0.15) is 10.4 Å². The molecular formula is C19H13Cl2IN2O3S. The van der Waals surface area contributed by atoms with Crippen LogP contribution in [0.25, 0.3) is 0 Å². The van der Waals surface area contributed by atoms with Crippen molar-refractivity contribution in [1.29, 1.82) is 0 Å². The molecule has 0 aliphatic rings. The van der Waals surface area contributed by atoms with Gasteiger partial charge in [0, 0.05) is 9.26 Å². The number of hydrogen-bond donors (Lipinski definition) is 2. The van der Waals surface area contributed by atoms with E-state index >= 15 is 0 Å². The van der Waals surface area contributed by atoms with E-state index in [0.29, 0.717) is 11.3 Å². The number of halogens is 3. The zero-order chi connectivity index (χ0) is 20.3. The molecule has 9 heteroatoms. The Bertz CT molecular complexity index is 1140. The third-order valence-electron chi connectivity index (χ3n) is 3.74. The molecule has 28 heavy (non-hydrogen) atoms. The van der Waals surface area contributed by atoms with Crippen LogP contribution in [-0.4, -0.2) is 14.3 Å². The number of benzene rings is 3. The summed E-state index contributed by atoms with van der Waals surface area (Å²) in [7, 11) is -3.86. The summed E-state index contributed by atoms with van der Waals surface area (Å²) in [6.45, 7) is 0. The van der Waals surface area contributed by atoms with Crippen LogP contribution in [0.3, 0.4) is 0 Å². The molecule has 2 N–H and O–H groups in total. The van der Waals surface area contributed by atoms with Crippen molar-refractivity contribution in [3.8, 4) is 0 Å². The summed E-state index contributed by atoms with van der Waals surface area (Å²) >= 11 is 14.0. The lowest BCUT2D eigenvalue weighted by atomic mass is 10.2. The summed E-state index contributed by atoms with van der Waals surface area (Å²) in [5, 5.41) is 3.11. The number of anilines is 2. The topological polar surface area (TPSA) is 75.3 Å². The lowest BCUT2D eigenvalue weighted by Gasteiger charge is -2.11. The molecule has 144 valence electrons. The van der Waals surface area contributed by atoms with Gasteiger partial charge >= 0.3 is 0 Å². The fourth-order valence-electron chi connectivity index (χ4n) is 2.35. The van der Waals surface area contributed by atoms with E-state index in [9.17, 15) is 13.2 Å².